The van der Waals surface area contributed by atoms with Gasteiger partial charge in [0.05, 0.1) is 6.61 Å². The summed E-state index contributed by atoms with van der Waals surface area (Å²) < 4.78 is 13.0. The molecule has 0 amide bonds. The van der Waals surface area contributed by atoms with Crippen LogP contribution in [0.4, 0.5) is 4.39 Å². The van der Waals surface area contributed by atoms with Crippen molar-refractivity contribution in [3.8, 4) is 22.3 Å². The van der Waals surface area contributed by atoms with E-state index in [0.29, 0.717) is 0 Å². The summed E-state index contributed by atoms with van der Waals surface area (Å²) in [6.45, 7) is -0.0845. The molecule has 0 saturated carbocycles. The van der Waals surface area contributed by atoms with Gasteiger partial charge in [0.15, 0.2) is 17.4 Å². The fourth-order valence-electron chi connectivity index (χ4n) is 2.30. The van der Waals surface area contributed by atoms with E-state index in [1.54, 1.807) is 24.5 Å². The van der Waals surface area contributed by atoms with E-state index in [9.17, 15) is 9.50 Å². The van der Waals surface area contributed by atoms with Gasteiger partial charge in [-0.3, -0.25) is 4.98 Å². The second-order valence-corrected chi connectivity index (χ2v) is 4.46. The molecule has 2 aromatic heterocycles. The van der Waals surface area contributed by atoms with Crippen molar-refractivity contribution in [3.63, 3.8) is 0 Å². The van der Waals surface area contributed by atoms with Crippen molar-refractivity contribution in [2.45, 2.75) is 6.61 Å². The zero-order valence-corrected chi connectivity index (χ0v) is 11.7. The van der Waals surface area contributed by atoms with Crippen LogP contribution in [0.15, 0.2) is 55.0 Å². The summed E-state index contributed by atoms with van der Waals surface area (Å²) in [4.78, 5) is 7.07. The van der Waals surface area contributed by atoms with Crippen LogP contribution in [0.2, 0.25) is 0 Å². The molecule has 108 valence electrons. The molecular formula is C16H17AlFLiN2O. The minimum atomic E-state index is -0.267. The van der Waals surface area contributed by atoms with Gasteiger partial charge in [-0.1, -0.05) is 12.1 Å². The minimum Gasteiger partial charge on any atom is -1.00 e. The third-order valence-electron chi connectivity index (χ3n) is 3.24. The molecule has 2 heterocycles. The Balaban J connectivity index is 0.00000161. The molecule has 6 heteroatoms. The molecule has 0 unspecified atom stereocenters. The smallest absolute Gasteiger partial charge is 1.00 e. The first-order valence-corrected chi connectivity index (χ1v) is 6.27. The maximum Gasteiger partial charge on any atom is 1.00 e. The molecule has 0 bridgehead atoms. The van der Waals surface area contributed by atoms with Crippen LogP contribution in [0.3, 0.4) is 0 Å². The number of aliphatic hydroxyl groups excluding tert-OH is 1. The molecule has 3 aromatic rings. The number of nitrogens with one attached hydrogen (secondary N) is 1. The van der Waals surface area contributed by atoms with Crippen molar-refractivity contribution in [2.75, 3.05) is 0 Å². The Bertz CT molecular complexity index is 723. The molecular weight excluding hydrogens is 289 g/mol. The molecule has 0 saturated heterocycles. The van der Waals surface area contributed by atoms with Crippen molar-refractivity contribution in [1.82, 2.24) is 9.97 Å². The molecule has 2 N–H and O–H groups in total. The van der Waals surface area contributed by atoms with Crippen LogP contribution in [-0.4, -0.2) is 32.4 Å². The van der Waals surface area contributed by atoms with Crippen molar-refractivity contribution in [3.05, 3.63) is 66.5 Å². The van der Waals surface area contributed by atoms with Gasteiger partial charge in [-0.15, -0.1) is 0 Å². The maximum atomic E-state index is 13.0. The van der Waals surface area contributed by atoms with E-state index in [4.69, 9.17) is 0 Å². The van der Waals surface area contributed by atoms with Gasteiger partial charge in [-0.2, -0.15) is 0 Å². The SMILES string of the molecule is OCc1[nH]cc(-c2ccc(F)cc2)c1-c1ccncc1.[AlH3].[H-].[Li+]. The van der Waals surface area contributed by atoms with E-state index >= 15 is 0 Å². The summed E-state index contributed by atoms with van der Waals surface area (Å²) in [5, 5.41) is 9.48. The molecule has 1 aromatic carbocycles. The summed E-state index contributed by atoms with van der Waals surface area (Å²) in [7, 11) is 0. The van der Waals surface area contributed by atoms with Crippen molar-refractivity contribution in [1.29, 1.82) is 0 Å². The average Bonchev–Trinajstić information content (AvgIpc) is 2.93. The van der Waals surface area contributed by atoms with Gasteiger partial charge in [0.2, 0.25) is 0 Å². The van der Waals surface area contributed by atoms with Crippen molar-refractivity contribution < 1.29 is 29.8 Å². The van der Waals surface area contributed by atoms with Gasteiger partial charge in [0.25, 0.3) is 0 Å². The molecule has 0 spiro atoms. The number of hydrogen-bond donors (Lipinski definition) is 2. The third-order valence-corrected chi connectivity index (χ3v) is 3.24. The number of aromatic amines is 1. The molecule has 3 rings (SSSR count). The molecule has 22 heavy (non-hydrogen) atoms. The predicted molar refractivity (Wildman–Crippen MR) is 86.4 cm³/mol. The second-order valence-electron chi connectivity index (χ2n) is 4.46. The number of aliphatic hydroxyl groups is 1. The van der Waals surface area contributed by atoms with E-state index in [-0.39, 0.29) is 50.1 Å². The number of nitrogens with zero attached hydrogens (tertiary/aromatic N) is 1. The van der Waals surface area contributed by atoms with Crippen LogP contribution in [0, 0.1) is 5.82 Å². The molecule has 0 aliphatic heterocycles. The van der Waals surface area contributed by atoms with Crippen molar-refractivity contribution >= 4 is 17.4 Å². The summed E-state index contributed by atoms with van der Waals surface area (Å²) in [6, 6.07) is 10.1. The van der Waals surface area contributed by atoms with Crippen LogP contribution >= 0.6 is 0 Å². The Morgan fingerprint density at radius 2 is 1.68 bits per heavy atom. The molecule has 0 atom stereocenters. The van der Waals surface area contributed by atoms with E-state index in [1.165, 1.54) is 12.1 Å². The molecule has 0 aliphatic carbocycles. The molecule has 0 fully saturated rings. The maximum absolute atomic E-state index is 13.0. The number of pyridine rings is 1. The Morgan fingerprint density at radius 1 is 1.05 bits per heavy atom. The summed E-state index contributed by atoms with van der Waals surface area (Å²) in [5.41, 5.74) is 4.44. The van der Waals surface area contributed by atoms with Crippen LogP contribution in [0.1, 0.15) is 7.12 Å². The number of aromatic nitrogens is 2. The summed E-state index contributed by atoms with van der Waals surface area (Å²) >= 11 is 0. The Morgan fingerprint density at radius 3 is 2.27 bits per heavy atom. The quantitative estimate of drug-likeness (QED) is 0.629. The largest absolute Gasteiger partial charge is 1.00 e. The van der Waals surface area contributed by atoms with Gasteiger partial charge in [0, 0.05) is 35.4 Å². The number of H-pyrrole nitrogens is 1. The van der Waals surface area contributed by atoms with Gasteiger partial charge in [-0.05, 0) is 35.4 Å². The van der Waals surface area contributed by atoms with Gasteiger partial charge in [-0.25, -0.2) is 4.39 Å². The fourth-order valence-corrected chi connectivity index (χ4v) is 2.30. The molecule has 0 aliphatic rings. The number of hydrogen-bond acceptors (Lipinski definition) is 2. The third kappa shape index (κ3) is 3.70. The Kier molecular flexibility index (Phi) is 7.10. The van der Waals surface area contributed by atoms with Gasteiger partial charge in [0.1, 0.15) is 5.82 Å². The number of rotatable bonds is 3. The van der Waals surface area contributed by atoms with Crippen molar-refractivity contribution in [2.24, 2.45) is 0 Å². The first-order chi connectivity index (χ1) is 9.79. The van der Waals surface area contributed by atoms with E-state index in [1.807, 2.05) is 18.3 Å². The summed E-state index contributed by atoms with van der Waals surface area (Å²) in [6.07, 6.45) is 5.24. The van der Waals surface area contributed by atoms with Gasteiger partial charge >= 0.3 is 18.9 Å². The number of halogens is 1. The first kappa shape index (κ1) is 18.7. The first-order valence-electron chi connectivity index (χ1n) is 6.27. The zero-order chi connectivity index (χ0) is 13.9. The zero-order valence-electron chi connectivity index (χ0n) is 12.7. The van der Waals surface area contributed by atoms with Crippen LogP contribution in [-0.2, 0) is 6.61 Å². The van der Waals surface area contributed by atoms with E-state index < -0.39 is 0 Å². The average molecular weight is 306 g/mol. The molecule has 3 nitrogen and oxygen atoms in total. The van der Waals surface area contributed by atoms with Crippen LogP contribution in [0.25, 0.3) is 22.3 Å². The second kappa shape index (κ2) is 8.34. The standard InChI is InChI=1S/C16H13FN2O.Al.Li.4H/c17-13-3-1-11(2-4-13)14-9-19-15(10-20)16(14)12-5-7-18-8-6-12;;;;;;/h1-9,19-20H,10H2;;;;;;/q;;+1;;;;-1. The van der Waals surface area contributed by atoms with E-state index in [0.717, 1.165) is 27.9 Å². The van der Waals surface area contributed by atoms with Gasteiger partial charge < -0.3 is 11.5 Å². The monoisotopic (exact) mass is 306 g/mol. The fraction of sp³-hybridized carbons (Fsp3) is 0.0625. The molecule has 0 radical (unpaired) electrons. The summed E-state index contributed by atoms with van der Waals surface area (Å²) in [5.74, 6) is -0.267. The van der Waals surface area contributed by atoms with Crippen LogP contribution in [0.5, 0.6) is 0 Å². The predicted octanol–water partition coefficient (Wildman–Crippen LogP) is -0.692. The van der Waals surface area contributed by atoms with E-state index in [2.05, 4.69) is 9.97 Å². The number of benzene rings is 1. The van der Waals surface area contributed by atoms with Crippen LogP contribution < -0.4 is 18.9 Å². The topological polar surface area (TPSA) is 48.9 Å². The minimum absolute atomic E-state index is 0. The Hall–Kier alpha value is -1.33. The Labute approximate surface area is 152 Å². The normalized spacial score (nSPS) is 9.73.